The first kappa shape index (κ1) is 11.2. The minimum absolute atomic E-state index is 0.577. The molecule has 1 aromatic rings. The summed E-state index contributed by atoms with van der Waals surface area (Å²) in [5.41, 5.74) is 1.30. The van der Waals surface area contributed by atoms with Crippen molar-refractivity contribution in [3.8, 4) is 0 Å². The molecule has 0 spiro atoms. The van der Waals surface area contributed by atoms with E-state index in [4.69, 9.17) is 0 Å². The summed E-state index contributed by atoms with van der Waals surface area (Å²) in [5.74, 6) is 0.733. The van der Waals surface area contributed by atoms with Crippen molar-refractivity contribution in [2.24, 2.45) is 5.92 Å². The molecule has 0 radical (unpaired) electrons. The van der Waals surface area contributed by atoms with Crippen LogP contribution in [-0.4, -0.2) is 11.0 Å². The molecule has 1 rings (SSSR count). The Morgan fingerprint density at radius 2 is 1.93 bits per heavy atom. The van der Waals surface area contributed by atoms with Crippen LogP contribution in [-0.2, 0) is 6.54 Å². The molecule has 0 aromatic carbocycles. The summed E-state index contributed by atoms with van der Waals surface area (Å²) < 4.78 is 0. The first-order valence-electron chi connectivity index (χ1n) is 5.36. The zero-order valence-corrected chi connectivity index (χ0v) is 9.33. The standard InChI is InChI=1S/C12H20N2/c1-4-10(2)11(3)14-9-12-5-7-13-8-6-12/h5-8,10-11,14H,4,9H2,1-3H3/t10-,11+/m0/s1. The summed E-state index contributed by atoms with van der Waals surface area (Å²) in [5, 5.41) is 3.52. The van der Waals surface area contributed by atoms with Crippen LogP contribution in [0.5, 0.6) is 0 Å². The van der Waals surface area contributed by atoms with Crippen molar-refractivity contribution >= 4 is 0 Å². The molecule has 2 heteroatoms. The number of nitrogens with one attached hydrogen (secondary N) is 1. The Labute approximate surface area is 86.8 Å². The van der Waals surface area contributed by atoms with Crippen LogP contribution in [0.1, 0.15) is 32.8 Å². The largest absolute Gasteiger partial charge is 0.310 e. The van der Waals surface area contributed by atoms with E-state index in [1.54, 1.807) is 0 Å². The molecule has 0 aliphatic heterocycles. The quantitative estimate of drug-likeness (QED) is 0.775. The lowest BCUT2D eigenvalue weighted by Crippen LogP contribution is -2.31. The Kier molecular flexibility index (Phi) is 4.60. The lowest BCUT2D eigenvalue weighted by atomic mass is 10.0. The van der Waals surface area contributed by atoms with Crippen molar-refractivity contribution < 1.29 is 0 Å². The van der Waals surface area contributed by atoms with Gasteiger partial charge in [0.05, 0.1) is 0 Å². The van der Waals surface area contributed by atoms with Gasteiger partial charge in [0, 0.05) is 25.0 Å². The predicted octanol–water partition coefficient (Wildman–Crippen LogP) is 2.61. The molecule has 0 bridgehead atoms. The van der Waals surface area contributed by atoms with Crippen LogP contribution in [0.3, 0.4) is 0 Å². The van der Waals surface area contributed by atoms with E-state index in [9.17, 15) is 0 Å². The highest BCUT2D eigenvalue weighted by Crippen LogP contribution is 2.07. The molecule has 1 N–H and O–H groups in total. The van der Waals surface area contributed by atoms with Crippen LogP contribution in [0.25, 0.3) is 0 Å². The van der Waals surface area contributed by atoms with E-state index in [0.717, 1.165) is 12.5 Å². The molecular formula is C12H20N2. The maximum Gasteiger partial charge on any atom is 0.0271 e. The number of hydrogen-bond donors (Lipinski definition) is 1. The van der Waals surface area contributed by atoms with Gasteiger partial charge in [0.1, 0.15) is 0 Å². The van der Waals surface area contributed by atoms with Gasteiger partial charge in [-0.15, -0.1) is 0 Å². The fourth-order valence-corrected chi connectivity index (χ4v) is 1.33. The second-order valence-corrected chi connectivity index (χ2v) is 3.91. The third-order valence-electron chi connectivity index (χ3n) is 2.88. The van der Waals surface area contributed by atoms with Crippen molar-refractivity contribution in [2.75, 3.05) is 0 Å². The van der Waals surface area contributed by atoms with Gasteiger partial charge in [-0.1, -0.05) is 20.3 Å². The van der Waals surface area contributed by atoms with E-state index in [-0.39, 0.29) is 0 Å². The lowest BCUT2D eigenvalue weighted by molar-refractivity contribution is 0.389. The molecule has 0 saturated heterocycles. The zero-order valence-electron chi connectivity index (χ0n) is 9.33. The molecular weight excluding hydrogens is 172 g/mol. The fraction of sp³-hybridized carbons (Fsp3) is 0.583. The summed E-state index contributed by atoms with van der Waals surface area (Å²) >= 11 is 0. The second kappa shape index (κ2) is 5.76. The van der Waals surface area contributed by atoms with Gasteiger partial charge in [0.2, 0.25) is 0 Å². The van der Waals surface area contributed by atoms with Crippen LogP contribution < -0.4 is 5.32 Å². The highest BCUT2D eigenvalue weighted by Gasteiger charge is 2.08. The fourth-order valence-electron chi connectivity index (χ4n) is 1.33. The maximum atomic E-state index is 4.00. The van der Waals surface area contributed by atoms with Crippen LogP contribution in [0.15, 0.2) is 24.5 Å². The predicted molar refractivity (Wildman–Crippen MR) is 60.0 cm³/mol. The number of rotatable bonds is 5. The van der Waals surface area contributed by atoms with Crippen molar-refractivity contribution in [1.29, 1.82) is 0 Å². The van der Waals surface area contributed by atoms with Crippen molar-refractivity contribution in [3.63, 3.8) is 0 Å². The van der Waals surface area contributed by atoms with Crippen molar-refractivity contribution in [3.05, 3.63) is 30.1 Å². The first-order chi connectivity index (χ1) is 6.74. The first-order valence-corrected chi connectivity index (χ1v) is 5.36. The molecule has 78 valence electrons. The van der Waals surface area contributed by atoms with Gasteiger partial charge in [-0.2, -0.15) is 0 Å². The monoisotopic (exact) mass is 192 g/mol. The van der Waals surface area contributed by atoms with Gasteiger partial charge in [-0.3, -0.25) is 4.98 Å². The molecule has 0 aliphatic rings. The second-order valence-electron chi connectivity index (χ2n) is 3.91. The molecule has 2 nitrogen and oxygen atoms in total. The summed E-state index contributed by atoms with van der Waals surface area (Å²) in [6.45, 7) is 7.70. The Bertz CT molecular complexity index is 246. The van der Waals surface area contributed by atoms with Crippen molar-refractivity contribution in [2.45, 2.75) is 39.8 Å². The van der Waals surface area contributed by atoms with E-state index in [2.05, 4.69) is 43.2 Å². The van der Waals surface area contributed by atoms with Crippen LogP contribution >= 0.6 is 0 Å². The molecule has 0 saturated carbocycles. The van der Waals surface area contributed by atoms with Crippen LogP contribution in [0.4, 0.5) is 0 Å². The Morgan fingerprint density at radius 1 is 1.29 bits per heavy atom. The summed E-state index contributed by atoms with van der Waals surface area (Å²) in [6.07, 6.45) is 4.90. The molecule has 0 amide bonds. The van der Waals surface area contributed by atoms with E-state index in [1.807, 2.05) is 12.4 Å². The van der Waals surface area contributed by atoms with E-state index >= 15 is 0 Å². The van der Waals surface area contributed by atoms with Gasteiger partial charge < -0.3 is 5.32 Å². The summed E-state index contributed by atoms with van der Waals surface area (Å²) in [7, 11) is 0. The minimum Gasteiger partial charge on any atom is -0.310 e. The molecule has 0 aliphatic carbocycles. The number of hydrogen-bond acceptors (Lipinski definition) is 2. The highest BCUT2D eigenvalue weighted by atomic mass is 14.9. The average molecular weight is 192 g/mol. The molecule has 0 unspecified atom stereocenters. The summed E-state index contributed by atoms with van der Waals surface area (Å²) in [6, 6.07) is 4.68. The molecule has 2 atom stereocenters. The number of pyridine rings is 1. The van der Waals surface area contributed by atoms with E-state index in [1.165, 1.54) is 12.0 Å². The van der Waals surface area contributed by atoms with Crippen molar-refractivity contribution in [1.82, 2.24) is 10.3 Å². The molecule has 1 heterocycles. The maximum absolute atomic E-state index is 4.00. The molecule has 0 fully saturated rings. The molecule has 14 heavy (non-hydrogen) atoms. The van der Waals surface area contributed by atoms with Gasteiger partial charge in [-0.05, 0) is 30.5 Å². The highest BCUT2D eigenvalue weighted by molar-refractivity contribution is 5.09. The van der Waals surface area contributed by atoms with Crippen LogP contribution in [0.2, 0.25) is 0 Å². The average Bonchev–Trinajstić information content (AvgIpc) is 2.26. The normalized spacial score (nSPS) is 15.1. The van der Waals surface area contributed by atoms with E-state index < -0.39 is 0 Å². The van der Waals surface area contributed by atoms with Gasteiger partial charge in [0.25, 0.3) is 0 Å². The minimum atomic E-state index is 0.577. The van der Waals surface area contributed by atoms with E-state index in [0.29, 0.717) is 6.04 Å². The lowest BCUT2D eigenvalue weighted by Gasteiger charge is -2.19. The van der Waals surface area contributed by atoms with Gasteiger partial charge in [-0.25, -0.2) is 0 Å². The summed E-state index contributed by atoms with van der Waals surface area (Å²) in [4.78, 5) is 4.00. The molecule has 1 aromatic heterocycles. The number of nitrogens with zero attached hydrogens (tertiary/aromatic N) is 1. The third-order valence-corrected chi connectivity index (χ3v) is 2.88. The third kappa shape index (κ3) is 3.46. The van der Waals surface area contributed by atoms with Crippen LogP contribution in [0, 0.1) is 5.92 Å². The Morgan fingerprint density at radius 3 is 2.50 bits per heavy atom. The number of aromatic nitrogens is 1. The smallest absolute Gasteiger partial charge is 0.0271 e. The van der Waals surface area contributed by atoms with Gasteiger partial charge >= 0.3 is 0 Å². The Hall–Kier alpha value is -0.890. The Balaban J connectivity index is 2.34. The topological polar surface area (TPSA) is 24.9 Å². The zero-order chi connectivity index (χ0) is 10.4. The van der Waals surface area contributed by atoms with Gasteiger partial charge in [0.15, 0.2) is 0 Å². The SMILES string of the molecule is CC[C@H](C)[C@@H](C)NCc1ccncc1.